The van der Waals surface area contributed by atoms with Crippen LogP contribution >= 0.6 is 0 Å². The Morgan fingerprint density at radius 2 is 2.50 bits per heavy atom. The van der Waals surface area contributed by atoms with Crippen LogP contribution in [0.3, 0.4) is 0 Å². The maximum absolute atomic E-state index is 10.3. The Kier molecular flexibility index (Phi) is 1.43. The minimum Gasteiger partial charge on any atom is -0.370 e. The van der Waals surface area contributed by atoms with Crippen molar-refractivity contribution < 1.29 is 4.92 Å². The molecule has 1 aromatic heterocycles. The van der Waals surface area contributed by atoms with E-state index in [1.165, 1.54) is 6.20 Å². The van der Waals surface area contributed by atoms with Gasteiger partial charge in [-0.05, 0) is 6.42 Å². The van der Waals surface area contributed by atoms with E-state index in [0.29, 0.717) is 0 Å². The lowest BCUT2D eigenvalue weighted by Crippen LogP contribution is -1.93. The second kappa shape index (κ2) is 2.44. The Morgan fingerprint density at radius 1 is 1.67 bits per heavy atom. The molecule has 0 aliphatic carbocycles. The van der Waals surface area contributed by atoms with E-state index < -0.39 is 4.92 Å². The minimum absolute atomic E-state index is 0.0671. The third-order valence-electron chi connectivity index (χ3n) is 1.85. The number of nitro groups is 1. The number of hydrogen-bond donors (Lipinski definition) is 1. The van der Waals surface area contributed by atoms with Crippen molar-refractivity contribution >= 4 is 11.5 Å². The molecule has 0 atom stereocenters. The maximum atomic E-state index is 10.3. The molecule has 62 valence electrons. The van der Waals surface area contributed by atoms with Gasteiger partial charge in [-0.1, -0.05) is 0 Å². The smallest absolute Gasteiger partial charge is 0.288 e. The van der Waals surface area contributed by atoms with Crippen molar-refractivity contribution in [3.8, 4) is 0 Å². The topological polar surface area (TPSA) is 68.1 Å². The molecule has 12 heavy (non-hydrogen) atoms. The average Bonchev–Trinajstić information content (AvgIpc) is 2.49. The minimum atomic E-state index is -0.425. The zero-order chi connectivity index (χ0) is 8.55. The Balaban J connectivity index is 2.45. The molecule has 0 saturated heterocycles. The van der Waals surface area contributed by atoms with Gasteiger partial charge in [-0.3, -0.25) is 10.1 Å². The molecule has 1 N–H and O–H groups in total. The molecule has 0 aromatic carbocycles. The van der Waals surface area contributed by atoms with Gasteiger partial charge in [0.2, 0.25) is 0 Å². The van der Waals surface area contributed by atoms with Crippen molar-refractivity contribution in [3.63, 3.8) is 0 Å². The number of pyridine rings is 1. The molecule has 0 amide bonds. The summed E-state index contributed by atoms with van der Waals surface area (Å²) in [5.41, 5.74) is 1.00. The van der Waals surface area contributed by atoms with E-state index in [4.69, 9.17) is 0 Å². The molecular formula is C7H7N3O2. The summed E-state index contributed by atoms with van der Waals surface area (Å²) in [6, 6.07) is 1.57. The van der Waals surface area contributed by atoms with E-state index in [9.17, 15) is 10.1 Å². The highest BCUT2D eigenvalue weighted by Gasteiger charge is 2.15. The van der Waals surface area contributed by atoms with E-state index in [-0.39, 0.29) is 5.69 Å². The molecule has 0 bridgehead atoms. The van der Waals surface area contributed by atoms with Crippen molar-refractivity contribution in [1.29, 1.82) is 0 Å². The van der Waals surface area contributed by atoms with E-state index >= 15 is 0 Å². The summed E-state index contributed by atoms with van der Waals surface area (Å²) in [5, 5.41) is 13.4. The summed E-state index contributed by atoms with van der Waals surface area (Å²) < 4.78 is 0. The summed E-state index contributed by atoms with van der Waals surface area (Å²) in [5.74, 6) is 0.778. The molecule has 2 heterocycles. The lowest BCUT2D eigenvalue weighted by atomic mass is 10.2. The van der Waals surface area contributed by atoms with Crippen LogP contribution < -0.4 is 5.32 Å². The van der Waals surface area contributed by atoms with E-state index in [0.717, 1.165) is 24.3 Å². The summed E-state index contributed by atoms with van der Waals surface area (Å²) in [7, 11) is 0. The molecule has 5 nitrogen and oxygen atoms in total. The molecule has 0 fully saturated rings. The molecule has 0 unspecified atom stereocenters. The second-order valence-corrected chi connectivity index (χ2v) is 2.64. The quantitative estimate of drug-likeness (QED) is 0.497. The van der Waals surface area contributed by atoms with Gasteiger partial charge in [-0.25, -0.2) is 4.98 Å². The zero-order valence-electron chi connectivity index (χ0n) is 6.28. The second-order valence-electron chi connectivity index (χ2n) is 2.64. The predicted molar refractivity (Wildman–Crippen MR) is 43.1 cm³/mol. The highest BCUT2D eigenvalue weighted by molar-refractivity contribution is 5.52. The molecular weight excluding hydrogens is 158 g/mol. The summed E-state index contributed by atoms with van der Waals surface area (Å²) in [6.45, 7) is 0.823. The largest absolute Gasteiger partial charge is 0.370 e. The van der Waals surface area contributed by atoms with Gasteiger partial charge in [0, 0.05) is 18.2 Å². The lowest BCUT2D eigenvalue weighted by molar-refractivity contribution is -0.385. The van der Waals surface area contributed by atoms with Crippen molar-refractivity contribution in [1.82, 2.24) is 4.98 Å². The average molecular weight is 165 g/mol. The van der Waals surface area contributed by atoms with Gasteiger partial charge in [0.05, 0.1) is 4.92 Å². The number of anilines is 1. The molecule has 5 heteroatoms. The summed E-state index contributed by atoms with van der Waals surface area (Å²) >= 11 is 0. The van der Waals surface area contributed by atoms with E-state index in [1.54, 1.807) is 6.07 Å². The lowest BCUT2D eigenvalue weighted by Gasteiger charge is -1.96. The molecule has 1 aromatic rings. The third-order valence-corrected chi connectivity index (χ3v) is 1.85. The van der Waals surface area contributed by atoms with E-state index in [1.807, 2.05) is 0 Å². The fourth-order valence-corrected chi connectivity index (χ4v) is 1.26. The van der Waals surface area contributed by atoms with Crippen molar-refractivity contribution in [2.45, 2.75) is 6.42 Å². The molecule has 1 aliphatic heterocycles. The first kappa shape index (κ1) is 7.02. The Labute approximate surface area is 68.6 Å². The fraction of sp³-hybridized carbons (Fsp3) is 0.286. The third kappa shape index (κ3) is 0.990. The van der Waals surface area contributed by atoms with Crippen LogP contribution in [0.4, 0.5) is 11.5 Å². The van der Waals surface area contributed by atoms with Crippen molar-refractivity contribution in [2.24, 2.45) is 0 Å². The van der Waals surface area contributed by atoms with Gasteiger partial charge >= 0.3 is 0 Å². The summed E-state index contributed by atoms with van der Waals surface area (Å²) in [4.78, 5) is 13.8. The van der Waals surface area contributed by atoms with Gasteiger partial charge in [-0.2, -0.15) is 0 Å². The van der Waals surface area contributed by atoms with Crippen LogP contribution in [0.2, 0.25) is 0 Å². The number of fused-ring (bicyclic) bond motifs is 1. The Morgan fingerprint density at radius 3 is 3.25 bits per heavy atom. The van der Waals surface area contributed by atoms with Crippen LogP contribution in [-0.2, 0) is 6.42 Å². The van der Waals surface area contributed by atoms with Crippen LogP contribution in [0.1, 0.15) is 5.56 Å². The number of aromatic nitrogens is 1. The van der Waals surface area contributed by atoms with Gasteiger partial charge in [0.25, 0.3) is 5.69 Å². The van der Waals surface area contributed by atoms with Gasteiger partial charge in [-0.15, -0.1) is 0 Å². The molecule has 0 saturated carbocycles. The molecule has 0 spiro atoms. The standard InChI is InChI=1S/C7H7N3O2/c11-10(12)6-3-5-1-2-8-7(5)9-4-6/h3-4H,1-2H2,(H,8,9). The van der Waals surface area contributed by atoms with Crippen LogP contribution in [0.5, 0.6) is 0 Å². The number of rotatable bonds is 1. The van der Waals surface area contributed by atoms with Crippen LogP contribution in [0.25, 0.3) is 0 Å². The highest BCUT2D eigenvalue weighted by atomic mass is 16.6. The number of nitrogens with one attached hydrogen (secondary N) is 1. The first-order chi connectivity index (χ1) is 5.77. The Hall–Kier alpha value is -1.65. The van der Waals surface area contributed by atoms with Crippen LogP contribution in [-0.4, -0.2) is 16.5 Å². The van der Waals surface area contributed by atoms with Gasteiger partial charge in [0.1, 0.15) is 12.0 Å². The highest BCUT2D eigenvalue weighted by Crippen LogP contribution is 2.22. The zero-order valence-corrected chi connectivity index (χ0v) is 6.28. The molecule has 1 aliphatic rings. The molecule has 0 radical (unpaired) electrons. The first-order valence-corrected chi connectivity index (χ1v) is 3.64. The van der Waals surface area contributed by atoms with Crippen molar-refractivity contribution in [2.75, 3.05) is 11.9 Å². The summed E-state index contributed by atoms with van der Waals surface area (Å²) in [6.07, 6.45) is 2.10. The van der Waals surface area contributed by atoms with E-state index in [2.05, 4.69) is 10.3 Å². The number of nitrogens with zero attached hydrogens (tertiary/aromatic N) is 2. The normalized spacial score (nSPS) is 13.7. The fourth-order valence-electron chi connectivity index (χ4n) is 1.26. The monoisotopic (exact) mass is 165 g/mol. The SMILES string of the molecule is O=[N+]([O-])c1cnc2c(c1)CCN2. The van der Waals surface area contributed by atoms with Crippen molar-refractivity contribution in [3.05, 3.63) is 27.9 Å². The van der Waals surface area contributed by atoms with Gasteiger partial charge < -0.3 is 5.32 Å². The maximum Gasteiger partial charge on any atom is 0.288 e. The Bertz CT molecular complexity index is 337. The van der Waals surface area contributed by atoms with Gasteiger partial charge in [0.15, 0.2) is 0 Å². The van der Waals surface area contributed by atoms with Crippen LogP contribution in [0.15, 0.2) is 12.3 Å². The predicted octanol–water partition coefficient (Wildman–Crippen LogP) is 0.958. The molecule has 2 rings (SSSR count). The number of hydrogen-bond acceptors (Lipinski definition) is 4. The first-order valence-electron chi connectivity index (χ1n) is 3.64. The van der Waals surface area contributed by atoms with Crippen LogP contribution in [0, 0.1) is 10.1 Å².